The minimum atomic E-state index is -0.0903. The maximum absolute atomic E-state index is 5.80. The molecule has 5 fully saturated rings. The van der Waals surface area contributed by atoms with Gasteiger partial charge in [0.2, 0.25) is 0 Å². The van der Waals surface area contributed by atoms with E-state index in [9.17, 15) is 0 Å². The zero-order chi connectivity index (χ0) is 17.8. The molecule has 0 amide bonds. The van der Waals surface area contributed by atoms with Gasteiger partial charge in [-0.2, -0.15) is 0 Å². The molecule has 148 valence electrons. The Labute approximate surface area is 156 Å². The fourth-order valence-electron chi connectivity index (χ4n) is 6.41. The molecule has 0 bridgehead atoms. The van der Waals surface area contributed by atoms with E-state index in [2.05, 4.69) is 24.7 Å². The molecular weight excluding hydrogens is 332 g/mol. The highest BCUT2D eigenvalue weighted by Crippen LogP contribution is 2.66. The summed E-state index contributed by atoms with van der Waals surface area (Å²) in [6.07, 6.45) is 9.81. The van der Waals surface area contributed by atoms with Gasteiger partial charge in [-0.05, 0) is 64.5 Å². The van der Waals surface area contributed by atoms with Crippen LogP contribution in [-0.2, 0) is 18.9 Å². The largest absolute Gasteiger partial charge is 0.373 e. The number of hydrogen-bond acceptors (Lipinski definition) is 6. The van der Waals surface area contributed by atoms with E-state index in [1.807, 2.05) is 0 Å². The lowest BCUT2D eigenvalue weighted by molar-refractivity contribution is -0.140. The van der Waals surface area contributed by atoms with Gasteiger partial charge in [-0.3, -0.25) is 0 Å². The van der Waals surface area contributed by atoms with E-state index < -0.39 is 0 Å². The first-order valence-corrected chi connectivity index (χ1v) is 10.5. The first-order chi connectivity index (χ1) is 12.6. The highest BCUT2D eigenvalue weighted by Gasteiger charge is 2.67. The van der Waals surface area contributed by atoms with Crippen LogP contribution in [0.25, 0.3) is 0 Å². The molecule has 6 heteroatoms. The highest BCUT2D eigenvalue weighted by atomic mass is 16.6. The second kappa shape index (κ2) is 6.39. The van der Waals surface area contributed by atoms with Gasteiger partial charge in [0.1, 0.15) is 0 Å². The lowest BCUT2D eigenvalue weighted by atomic mass is 9.45. The summed E-state index contributed by atoms with van der Waals surface area (Å²) in [4.78, 5) is 0. The van der Waals surface area contributed by atoms with Crippen molar-refractivity contribution in [3.63, 3.8) is 0 Å². The summed E-state index contributed by atoms with van der Waals surface area (Å²) < 4.78 is 23.1. The molecule has 4 unspecified atom stereocenters. The van der Waals surface area contributed by atoms with Crippen molar-refractivity contribution in [1.82, 2.24) is 10.6 Å². The lowest BCUT2D eigenvalue weighted by Gasteiger charge is -2.64. The molecule has 2 N–H and O–H groups in total. The monoisotopic (exact) mass is 366 g/mol. The van der Waals surface area contributed by atoms with Crippen molar-refractivity contribution >= 4 is 0 Å². The predicted molar refractivity (Wildman–Crippen MR) is 97.0 cm³/mol. The Morgan fingerprint density at radius 1 is 0.692 bits per heavy atom. The van der Waals surface area contributed by atoms with Crippen LogP contribution < -0.4 is 10.6 Å². The molecule has 0 aromatic carbocycles. The lowest BCUT2D eigenvalue weighted by Crippen LogP contribution is -2.73. The minimum absolute atomic E-state index is 0.0853. The van der Waals surface area contributed by atoms with Gasteiger partial charge >= 0.3 is 0 Å². The maximum atomic E-state index is 5.80. The van der Waals surface area contributed by atoms with Crippen LogP contribution in [-0.4, -0.2) is 70.6 Å². The molecule has 0 aromatic heterocycles. The first kappa shape index (κ1) is 17.8. The Kier molecular flexibility index (Phi) is 4.38. The zero-order valence-corrected chi connectivity index (χ0v) is 16.2. The molecule has 0 radical (unpaired) electrons. The third-order valence-corrected chi connectivity index (χ3v) is 7.89. The van der Waals surface area contributed by atoms with Gasteiger partial charge in [0.15, 0.2) is 0 Å². The van der Waals surface area contributed by atoms with Gasteiger partial charge in [0, 0.05) is 5.41 Å². The Hall–Kier alpha value is -0.240. The van der Waals surface area contributed by atoms with Crippen LogP contribution in [0.2, 0.25) is 0 Å². The van der Waals surface area contributed by atoms with Crippen LogP contribution in [0.3, 0.4) is 0 Å². The zero-order valence-electron chi connectivity index (χ0n) is 16.2. The number of hydrogen-bond donors (Lipinski definition) is 2. The predicted octanol–water partition coefficient (Wildman–Crippen LogP) is 1.43. The molecule has 1 aliphatic carbocycles. The number of ether oxygens (including phenoxy) is 4. The normalized spacial score (nSPS) is 48.2. The van der Waals surface area contributed by atoms with Crippen LogP contribution in [0, 0.1) is 10.8 Å². The van der Waals surface area contributed by atoms with Crippen molar-refractivity contribution < 1.29 is 18.9 Å². The van der Waals surface area contributed by atoms with E-state index in [1.54, 1.807) is 0 Å². The Morgan fingerprint density at radius 2 is 1.12 bits per heavy atom. The molecular formula is C20H34N2O4. The molecule has 5 rings (SSSR count). The standard InChI is InChI=1S/C20H34N2O4/c1-21-20(22-2)5-3-4-18(6-14-10-23-14,7-15-11-24-15)19(20,8-16-12-25-16)9-17-13-26-17/h14-17,21-22H,3-13H2,1-2H3. The summed E-state index contributed by atoms with van der Waals surface area (Å²) in [6, 6.07) is 0. The number of rotatable bonds is 10. The highest BCUT2D eigenvalue weighted by molar-refractivity contribution is 5.18. The summed E-state index contributed by atoms with van der Waals surface area (Å²) in [5, 5.41) is 7.53. The summed E-state index contributed by atoms with van der Waals surface area (Å²) in [7, 11) is 4.26. The Bertz CT molecular complexity index is 494. The van der Waals surface area contributed by atoms with Gasteiger partial charge < -0.3 is 29.6 Å². The van der Waals surface area contributed by atoms with Crippen LogP contribution in [0.5, 0.6) is 0 Å². The maximum Gasteiger partial charge on any atom is 0.0816 e. The third-order valence-electron chi connectivity index (χ3n) is 7.89. The fourth-order valence-corrected chi connectivity index (χ4v) is 6.41. The quantitative estimate of drug-likeness (QED) is 0.450. The topological polar surface area (TPSA) is 74.2 Å². The van der Waals surface area contributed by atoms with Crippen molar-refractivity contribution in [1.29, 1.82) is 0 Å². The van der Waals surface area contributed by atoms with E-state index in [0.29, 0.717) is 24.4 Å². The van der Waals surface area contributed by atoms with Crippen molar-refractivity contribution in [2.75, 3.05) is 40.5 Å². The molecule has 4 atom stereocenters. The molecule has 1 saturated carbocycles. The van der Waals surface area contributed by atoms with Gasteiger partial charge in [-0.15, -0.1) is 0 Å². The molecule has 4 saturated heterocycles. The molecule has 4 heterocycles. The van der Waals surface area contributed by atoms with E-state index in [4.69, 9.17) is 18.9 Å². The average Bonchev–Trinajstić information content (AvgIpc) is 3.44. The smallest absolute Gasteiger partial charge is 0.0816 e. The van der Waals surface area contributed by atoms with Gasteiger partial charge in [0.05, 0.1) is 56.5 Å². The molecule has 6 nitrogen and oxygen atoms in total. The van der Waals surface area contributed by atoms with E-state index >= 15 is 0 Å². The van der Waals surface area contributed by atoms with Gasteiger partial charge in [-0.1, -0.05) is 0 Å². The van der Waals surface area contributed by atoms with Crippen LogP contribution >= 0.6 is 0 Å². The number of nitrogens with one attached hydrogen (secondary N) is 2. The van der Waals surface area contributed by atoms with Crippen molar-refractivity contribution in [2.45, 2.75) is 75.0 Å². The van der Waals surface area contributed by atoms with E-state index in [-0.39, 0.29) is 16.5 Å². The Morgan fingerprint density at radius 3 is 1.50 bits per heavy atom. The summed E-state index contributed by atoms with van der Waals surface area (Å²) >= 11 is 0. The second-order valence-electron chi connectivity index (χ2n) is 9.26. The molecule has 0 aromatic rings. The van der Waals surface area contributed by atoms with Crippen molar-refractivity contribution in [2.24, 2.45) is 10.8 Å². The van der Waals surface area contributed by atoms with Crippen LogP contribution in [0.1, 0.15) is 44.9 Å². The average molecular weight is 367 g/mol. The first-order valence-electron chi connectivity index (χ1n) is 10.5. The van der Waals surface area contributed by atoms with Crippen LogP contribution in [0.15, 0.2) is 0 Å². The molecule has 0 spiro atoms. The summed E-state index contributed by atoms with van der Waals surface area (Å²) in [6.45, 7) is 3.67. The third kappa shape index (κ3) is 3.03. The van der Waals surface area contributed by atoms with Crippen molar-refractivity contribution in [3.05, 3.63) is 0 Å². The number of epoxide rings is 4. The molecule has 5 aliphatic rings. The molecule has 4 aliphatic heterocycles. The molecule has 26 heavy (non-hydrogen) atoms. The minimum Gasteiger partial charge on any atom is -0.373 e. The van der Waals surface area contributed by atoms with E-state index in [1.165, 1.54) is 12.8 Å². The summed E-state index contributed by atoms with van der Waals surface area (Å²) in [5.41, 5.74) is 0.201. The SMILES string of the molecule is CNC1(NC)CCCC(CC2CO2)(CC2CO2)C1(CC1CO1)CC1CO1. The van der Waals surface area contributed by atoms with Gasteiger partial charge in [0.25, 0.3) is 0 Å². The summed E-state index contributed by atoms with van der Waals surface area (Å²) in [5.74, 6) is 0. The van der Waals surface area contributed by atoms with Crippen molar-refractivity contribution in [3.8, 4) is 0 Å². The van der Waals surface area contributed by atoms with Gasteiger partial charge in [-0.25, -0.2) is 0 Å². The Balaban J connectivity index is 1.59. The van der Waals surface area contributed by atoms with E-state index in [0.717, 1.165) is 58.5 Å². The fraction of sp³-hybridized carbons (Fsp3) is 1.00. The van der Waals surface area contributed by atoms with Crippen LogP contribution in [0.4, 0.5) is 0 Å². The second-order valence-corrected chi connectivity index (χ2v) is 9.26.